The highest BCUT2D eigenvalue weighted by atomic mass is 16.5. The Morgan fingerprint density at radius 2 is 1.68 bits per heavy atom. The highest BCUT2D eigenvalue weighted by Gasteiger charge is 2.21. The second-order valence-corrected chi connectivity index (χ2v) is 9.18. The summed E-state index contributed by atoms with van der Waals surface area (Å²) in [4.78, 5) is 15.3. The predicted molar refractivity (Wildman–Crippen MR) is 131 cm³/mol. The van der Waals surface area contributed by atoms with Gasteiger partial charge in [0.05, 0.1) is 30.1 Å². The zero-order valence-corrected chi connectivity index (χ0v) is 19.4. The summed E-state index contributed by atoms with van der Waals surface area (Å²) in [5, 5.41) is 8.33. The van der Waals surface area contributed by atoms with E-state index in [2.05, 4.69) is 53.3 Å². The van der Waals surface area contributed by atoms with Gasteiger partial charge in [0.2, 0.25) is 0 Å². The van der Waals surface area contributed by atoms with Crippen LogP contribution in [0, 0.1) is 6.92 Å². The first-order valence-corrected chi connectivity index (χ1v) is 12.0. The van der Waals surface area contributed by atoms with Crippen molar-refractivity contribution in [3.8, 4) is 16.9 Å². The van der Waals surface area contributed by atoms with Crippen LogP contribution in [0.25, 0.3) is 22.5 Å². The lowest BCUT2D eigenvalue weighted by molar-refractivity contribution is 0.0844. The van der Waals surface area contributed by atoms with Crippen LogP contribution in [-0.4, -0.2) is 58.9 Å². The fourth-order valence-corrected chi connectivity index (χ4v) is 4.90. The quantitative estimate of drug-likeness (QED) is 0.505. The van der Waals surface area contributed by atoms with Gasteiger partial charge in [-0.05, 0) is 31.9 Å². The van der Waals surface area contributed by atoms with E-state index in [-0.39, 0.29) is 5.56 Å². The maximum atomic E-state index is 13.0. The van der Waals surface area contributed by atoms with Crippen LogP contribution >= 0.6 is 0 Å². The van der Waals surface area contributed by atoms with Crippen molar-refractivity contribution in [2.75, 3.05) is 44.4 Å². The number of morpholine rings is 1. The van der Waals surface area contributed by atoms with E-state index >= 15 is 0 Å². The molecule has 0 radical (unpaired) electrons. The highest BCUT2D eigenvalue weighted by molar-refractivity contribution is 5.70. The third-order valence-electron chi connectivity index (χ3n) is 6.87. The van der Waals surface area contributed by atoms with Crippen molar-refractivity contribution in [1.82, 2.24) is 19.4 Å². The molecule has 0 atom stereocenters. The van der Waals surface area contributed by atoms with Crippen molar-refractivity contribution in [3.05, 3.63) is 70.1 Å². The second-order valence-electron chi connectivity index (χ2n) is 9.18. The van der Waals surface area contributed by atoms with Crippen LogP contribution in [0.2, 0.25) is 0 Å². The maximum absolute atomic E-state index is 13.0. The van der Waals surface area contributed by atoms with Crippen molar-refractivity contribution in [3.63, 3.8) is 0 Å². The number of H-pyrrole nitrogens is 1. The standard InChI is InChI=1S/C26H29N5O3/c1-18-2-4-19(5-3-18)23-15-21-14-22(16-25(30(21)27-23)29-8-12-34-13-9-29)31-26(32)17-24(28-31)20-6-10-33-11-7-20/h2-5,14-17,20,28H,6-13H2,1H3. The molecular formula is C26H29N5O3. The molecule has 1 aromatic carbocycles. The number of fused-ring (bicyclic) bond motifs is 1. The van der Waals surface area contributed by atoms with Crippen LogP contribution in [0.3, 0.4) is 0 Å². The lowest BCUT2D eigenvalue weighted by Crippen LogP contribution is -2.37. The first-order valence-electron chi connectivity index (χ1n) is 12.0. The van der Waals surface area contributed by atoms with Crippen molar-refractivity contribution in [1.29, 1.82) is 0 Å². The summed E-state index contributed by atoms with van der Waals surface area (Å²) in [6.07, 6.45) is 1.86. The molecule has 0 amide bonds. The number of hydrogen-bond acceptors (Lipinski definition) is 5. The number of nitrogens with zero attached hydrogens (tertiary/aromatic N) is 4. The van der Waals surface area contributed by atoms with Crippen LogP contribution in [-0.2, 0) is 9.47 Å². The Morgan fingerprint density at radius 3 is 2.44 bits per heavy atom. The number of aromatic nitrogens is 4. The van der Waals surface area contributed by atoms with E-state index in [1.807, 2.05) is 10.6 Å². The number of benzene rings is 1. The topological polar surface area (TPSA) is 76.8 Å². The van der Waals surface area contributed by atoms with Gasteiger partial charge in [-0.2, -0.15) is 5.10 Å². The summed E-state index contributed by atoms with van der Waals surface area (Å²) in [7, 11) is 0. The van der Waals surface area contributed by atoms with Gasteiger partial charge < -0.3 is 14.4 Å². The number of anilines is 1. The van der Waals surface area contributed by atoms with Gasteiger partial charge in [0.15, 0.2) is 0 Å². The second kappa shape index (κ2) is 8.77. The molecule has 3 aromatic heterocycles. The Balaban J connectivity index is 1.46. The van der Waals surface area contributed by atoms with Gasteiger partial charge in [0.25, 0.3) is 5.56 Å². The molecule has 0 aliphatic carbocycles. The molecule has 34 heavy (non-hydrogen) atoms. The normalized spacial score (nSPS) is 17.5. The monoisotopic (exact) mass is 459 g/mol. The van der Waals surface area contributed by atoms with Gasteiger partial charge in [0.1, 0.15) is 5.82 Å². The SMILES string of the molecule is Cc1ccc(-c2cc3cc(-n4[nH]c(C5CCOCC5)cc4=O)cc(N4CCOCC4)n3n2)cc1. The molecule has 1 N–H and O–H groups in total. The van der Waals surface area contributed by atoms with Crippen molar-refractivity contribution in [2.24, 2.45) is 0 Å². The summed E-state index contributed by atoms with van der Waals surface area (Å²) in [5.41, 5.74) is 5.90. The average Bonchev–Trinajstić information content (AvgIpc) is 3.48. The number of rotatable bonds is 4. The number of nitrogens with one attached hydrogen (secondary N) is 1. The van der Waals surface area contributed by atoms with E-state index in [1.165, 1.54) is 5.56 Å². The summed E-state index contributed by atoms with van der Waals surface area (Å²) in [6.45, 7) is 6.48. The Morgan fingerprint density at radius 1 is 0.941 bits per heavy atom. The third kappa shape index (κ3) is 3.93. The molecule has 6 rings (SSSR count). The van der Waals surface area contributed by atoms with Gasteiger partial charge in [-0.15, -0.1) is 0 Å². The minimum atomic E-state index is -0.0444. The van der Waals surface area contributed by atoms with E-state index in [0.717, 1.165) is 73.1 Å². The number of aromatic amines is 1. The first kappa shape index (κ1) is 21.2. The molecule has 2 fully saturated rings. The zero-order chi connectivity index (χ0) is 23.1. The molecule has 2 aliphatic heterocycles. The van der Waals surface area contributed by atoms with E-state index < -0.39 is 0 Å². The van der Waals surface area contributed by atoms with Crippen molar-refractivity contribution < 1.29 is 9.47 Å². The smallest absolute Gasteiger partial charge is 0.271 e. The van der Waals surface area contributed by atoms with Crippen LogP contribution in [0.5, 0.6) is 0 Å². The van der Waals surface area contributed by atoms with E-state index in [1.54, 1.807) is 10.7 Å². The molecule has 0 bridgehead atoms. The zero-order valence-electron chi connectivity index (χ0n) is 19.4. The third-order valence-corrected chi connectivity index (χ3v) is 6.87. The Labute approximate surface area is 197 Å². The van der Waals surface area contributed by atoms with Crippen molar-refractivity contribution in [2.45, 2.75) is 25.7 Å². The summed E-state index contributed by atoms with van der Waals surface area (Å²) in [5.74, 6) is 1.29. The molecule has 5 heterocycles. The van der Waals surface area contributed by atoms with Gasteiger partial charge in [-0.25, -0.2) is 9.20 Å². The molecule has 0 unspecified atom stereocenters. The number of hydrogen-bond donors (Lipinski definition) is 1. The molecule has 4 aromatic rings. The minimum Gasteiger partial charge on any atom is -0.381 e. The van der Waals surface area contributed by atoms with Crippen molar-refractivity contribution >= 4 is 11.3 Å². The molecule has 2 saturated heterocycles. The lowest BCUT2D eigenvalue weighted by atomic mass is 9.97. The first-order chi connectivity index (χ1) is 16.7. The average molecular weight is 460 g/mol. The Kier molecular flexibility index (Phi) is 5.47. The molecular weight excluding hydrogens is 430 g/mol. The van der Waals surface area contributed by atoms with Gasteiger partial charge in [0, 0.05) is 55.6 Å². The van der Waals surface area contributed by atoms with Gasteiger partial charge in [-0.1, -0.05) is 29.8 Å². The van der Waals surface area contributed by atoms with Gasteiger partial charge in [-0.3, -0.25) is 9.89 Å². The fraction of sp³-hybridized carbons (Fsp3) is 0.385. The molecule has 2 aliphatic rings. The molecule has 8 heteroatoms. The summed E-state index contributed by atoms with van der Waals surface area (Å²) in [6, 6.07) is 16.3. The molecule has 8 nitrogen and oxygen atoms in total. The van der Waals surface area contributed by atoms with Crippen LogP contribution in [0.1, 0.15) is 30.0 Å². The largest absolute Gasteiger partial charge is 0.381 e. The van der Waals surface area contributed by atoms with E-state index in [9.17, 15) is 4.79 Å². The molecule has 0 saturated carbocycles. The lowest BCUT2D eigenvalue weighted by Gasteiger charge is -2.29. The van der Waals surface area contributed by atoms with E-state index in [0.29, 0.717) is 19.1 Å². The van der Waals surface area contributed by atoms with Crippen LogP contribution in [0.4, 0.5) is 5.82 Å². The molecule has 0 spiro atoms. The van der Waals surface area contributed by atoms with Crippen LogP contribution < -0.4 is 10.5 Å². The minimum absolute atomic E-state index is 0.0444. The summed E-state index contributed by atoms with van der Waals surface area (Å²) >= 11 is 0. The number of ether oxygens (including phenoxy) is 2. The van der Waals surface area contributed by atoms with Gasteiger partial charge >= 0.3 is 0 Å². The van der Waals surface area contributed by atoms with E-state index in [4.69, 9.17) is 14.6 Å². The summed E-state index contributed by atoms with van der Waals surface area (Å²) < 4.78 is 14.7. The maximum Gasteiger partial charge on any atom is 0.271 e. The molecule has 176 valence electrons. The number of pyridine rings is 1. The Hall–Kier alpha value is -3.36. The number of aryl methyl sites for hydroxylation is 1. The highest BCUT2D eigenvalue weighted by Crippen LogP contribution is 2.28. The predicted octanol–water partition coefficient (Wildman–Crippen LogP) is 3.52. The fourth-order valence-electron chi connectivity index (χ4n) is 4.90. The Bertz CT molecular complexity index is 1360. The van der Waals surface area contributed by atoms with Crippen LogP contribution in [0.15, 0.2) is 53.3 Å².